The second-order valence-corrected chi connectivity index (χ2v) is 5.80. The minimum absolute atomic E-state index is 0.0980. The third-order valence-corrected chi connectivity index (χ3v) is 3.69. The lowest BCUT2D eigenvalue weighted by molar-refractivity contribution is -0.0315. The monoisotopic (exact) mass is 279 g/mol. The molecule has 2 rings (SSSR count). The molecule has 0 spiro atoms. The quantitative estimate of drug-likeness (QED) is 0.805. The fraction of sp³-hybridized carbons (Fsp3) is 0.625. The van der Waals surface area contributed by atoms with Gasteiger partial charge >= 0.3 is 0 Å². The van der Waals surface area contributed by atoms with Gasteiger partial charge in [0.05, 0.1) is 18.8 Å². The van der Waals surface area contributed by atoms with E-state index < -0.39 is 5.60 Å². The van der Waals surface area contributed by atoms with Gasteiger partial charge in [-0.1, -0.05) is 12.1 Å². The Kier molecular flexibility index (Phi) is 4.89. The molecule has 0 atom stereocenters. The number of nitrogens with one attached hydrogen (secondary N) is 1. The van der Waals surface area contributed by atoms with E-state index in [1.165, 1.54) is 0 Å². The predicted molar refractivity (Wildman–Crippen MR) is 79.3 cm³/mol. The van der Waals surface area contributed by atoms with Crippen LogP contribution in [0.3, 0.4) is 0 Å². The number of hydrogen-bond acceptors (Lipinski definition) is 4. The van der Waals surface area contributed by atoms with E-state index in [-0.39, 0.29) is 6.10 Å². The smallest absolute Gasteiger partial charge is 0.166 e. The molecule has 4 nitrogen and oxygen atoms in total. The van der Waals surface area contributed by atoms with Gasteiger partial charge in [-0.15, -0.1) is 0 Å². The van der Waals surface area contributed by atoms with E-state index in [9.17, 15) is 5.11 Å². The summed E-state index contributed by atoms with van der Waals surface area (Å²) >= 11 is 0. The zero-order valence-corrected chi connectivity index (χ0v) is 12.6. The van der Waals surface area contributed by atoms with Crippen molar-refractivity contribution in [2.45, 2.75) is 51.4 Å². The number of para-hydroxylation sites is 1. The van der Waals surface area contributed by atoms with Gasteiger partial charge < -0.3 is 19.9 Å². The molecule has 0 unspecified atom stereocenters. The number of ether oxygens (including phenoxy) is 2. The molecule has 1 aromatic carbocycles. The predicted octanol–water partition coefficient (Wildman–Crippen LogP) is 2.49. The highest BCUT2D eigenvalue weighted by Crippen LogP contribution is 2.33. The van der Waals surface area contributed by atoms with Crippen LogP contribution >= 0.6 is 0 Å². The molecule has 0 heterocycles. The molecule has 0 radical (unpaired) electrons. The molecule has 1 aromatic rings. The topological polar surface area (TPSA) is 50.7 Å². The first-order chi connectivity index (χ1) is 9.54. The van der Waals surface area contributed by atoms with Gasteiger partial charge in [-0.2, -0.15) is 0 Å². The van der Waals surface area contributed by atoms with E-state index in [2.05, 4.69) is 5.32 Å². The largest absolute Gasteiger partial charge is 0.493 e. The van der Waals surface area contributed by atoms with Crippen LogP contribution in [0.4, 0.5) is 0 Å². The zero-order valence-electron chi connectivity index (χ0n) is 12.6. The highest BCUT2D eigenvalue weighted by molar-refractivity contribution is 5.46. The fourth-order valence-corrected chi connectivity index (χ4v) is 2.42. The lowest BCUT2D eigenvalue weighted by atomic mass is 9.80. The highest BCUT2D eigenvalue weighted by atomic mass is 16.5. The molecule has 1 aliphatic carbocycles. The molecule has 0 bridgehead atoms. The Labute approximate surface area is 121 Å². The average Bonchev–Trinajstić information content (AvgIpc) is 2.38. The Morgan fingerprint density at radius 2 is 2.10 bits per heavy atom. The van der Waals surface area contributed by atoms with Crippen LogP contribution < -0.4 is 14.8 Å². The summed E-state index contributed by atoms with van der Waals surface area (Å²) in [5.74, 6) is 1.54. The van der Waals surface area contributed by atoms with Gasteiger partial charge in [0.15, 0.2) is 11.5 Å². The van der Waals surface area contributed by atoms with Crippen LogP contribution in [0.5, 0.6) is 11.5 Å². The van der Waals surface area contributed by atoms with E-state index in [1.54, 1.807) is 7.11 Å². The number of hydrogen-bond donors (Lipinski definition) is 2. The van der Waals surface area contributed by atoms with Crippen molar-refractivity contribution in [3.63, 3.8) is 0 Å². The van der Waals surface area contributed by atoms with E-state index in [0.717, 1.165) is 36.3 Å². The van der Waals surface area contributed by atoms with Gasteiger partial charge in [0.2, 0.25) is 0 Å². The van der Waals surface area contributed by atoms with Crippen LogP contribution in [0.1, 0.15) is 38.7 Å². The molecule has 1 saturated carbocycles. The lowest BCUT2D eigenvalue weighted by Gasteiger charge is -2.36. The van der Waals surface area contributed by atoms with Gasteiger partial charge in [0.25, 0.3) is 0 Å². The number of rotatable bonds is 7. The number of methoxy groups -OCH3 is 1. The van der Waals surface area contributed by atoms with E-state index in [1.807, 2.05) is 32.0 Å². The van der Waals surface area contributed by atoms with Crippen LogP contribution in [0, 0.1) is 0 Å². The Hall–Kier alpha value is -1.26. The van der Waals surface area contributed by atoms with Crippen molar-refractivity contribution in [3.8, 4) is 11.5 Å². The van der Waals surface area contributed by atoms with Crippen molar-refractivity contribution >= 4 is 0 Å². The second kappa shape index (κ2) is 6.46. The maximum absolute atomic E-state index is 10.1. The summed E-state index contributed by atoms with van der Waals surface area (Å²) in [6, 6.07) is 5.89. The fourth-order valence-electron chi connectivity index (χ4n) is 2.42. The molecular weight excluding hydrogens is 254 g/mol. The molecule has 4 heteroatoms. The zero-order chi connectivity index (χ0) is 14.6. The molecule has 0 aliphatic heterocycles. The first-order valence-corrected chi connectivity index (χ1v) is 7.30. The summed E-state index contributed by atoms with van der Waals surface area (Å²) < 4.78 is 11.2. The van der Waals surface area contributed by atoms with Gasteiger partial charge in [-0.3, -0.25) is 0 Å². The first-order valence-electron chi connectivity index (χ1n) is 7.30. The van der Waals surface area contributed by atoms with Crippen LogP contribution in [-0.4, -0.2) is 30.5 Å². The van der Waals surface area contributed by atoms with E-state index >= 15 is 0 Å². The highest BCUT2D eigenvalue weighted by Gasteiger charge is 2.33. The van der Waals surface area contributed by atoms with Gasteiger partial charge in [0.1, 0.15) is 0 Å². The normalized spacial score (nSPS) is 16.9. The van der Waals surface area contributed by atoms with Crippen molar-refractivity contribution in [1.29, 1.82) is 0 Å². The molecular formula is C16H25NO3. The molecule has 0 aromatic heterocycles. The standard InChI is InChI=1S/C16H25NO3/c1-12(2)20-15-13(6-4-7-14(15)19-3)10-17-11-16(18)8-5-9-16/h4,6-7,12,17-18H,5,8-11H2,1-3H3. The van der Waals surface area contributed by atoms with Crippen LogP contribution in [0.2, 0.25) is 0 Å². The SMILES string of the molecule is COc1cccc(CNCC2(O)CCC2)c1OC(C)C. The van der Waals surface area contributed by atoms with Crippen molar-refractivity contribution < 1.29 is 14.6 Å². The molecule has 1 fully saturated rings. The molecule has 2 N–H and O–H groups in total. The molecule has 1 aliphatic rings. The molecule has 112 valence electrons. The summed E-state index contributed by atoms with van der Waals surface area (Å²) in [6.07, 6.45) is 3.01. The Bertz CT molecular complexity index is 441. The van der Waals surface area contributed by atoms with Crippen LogP contribution in [0.25, 0.3) is 0 Å². The number of benzene rings is 1. The van der Waals surface area contributed by atoms with Gasteiger partial charge in [-0.25, -0.2) is 0 Å². The maximum Gasteiger partial charge on any atom is 0.166 e. The van der Waals surface area contributed by atoms with Crippen molar-refractivity contribution in [1.82, 2.24) is 5.32 Å². The lowest BCUT2D eigenvalue weighted by Crippen LogP contribution is -2.46. The summed E-state index contributed by atoms with van der Waals surface area (Å²) in [5.41, 5.74) is 0.554. The van der Waals surface area contributed by atoms with Crippen LogP contribution in [-0.2, 0) is 6.54 Å². The third kappa shape index (κ3) is 3.64. The summed E-state index contributed by atoms with van der Waals surface area (Å²) in [6.45, 7) is 5.30. The number of aliphatic hydroxyl groups is 1. The minimum atomic E-state index is -0.502. The summed E-state index contributed by atoms with van der Waals surface area (Å²) in [4.78, 5) is 0. The third-order valence-electron chi connectivity index (χ3n) is 3.69. The minimum Gasteiger partial charge on any atom is -0.493 e. The summed E-state index contributed by atoms with van der Waals surface area (Å²) in [5, 5.41) is 13.4. The first kappa shape index (κ1) is 15.1. The Balaban J connectivity index is 2.01. The molecule has 20 heavy (non-hydrogen) atoms. The van der Waals surface area contributed by atoms with Gasteiger partial charge in [0, 0.05) is 18.7 Å². The Morgan fingerprint density at radius 1 is 1.35 bits per heavy atom. The average molecular weight is 279 g/mol. The van der Waals surface area contributed by atoms with E-state index in [4.69, 9.17) is 9.47 Å². The Morgan fingerprint density at radius 3 is 2.65 bits per heavy atom. The van der Waals surface area contributed by atoms with Crippen LogP contribution in [0.15, 0.2) is 18.2 Å². The molecule has 0 saturated heterocycles. The van der Waals surface area contributed by atoms with Crippen molar-refractivity contribution in [2.24, 2.45) is 0 Å². The second-order valence-electron chi connectivity index (χ2n) is 5.80. The van der Waals surface area contributed by atoms with Crippen molar-refractivity contribution in [2.75, 3.05) is 13.7 Å². The van der Waals surface area contributed by atoms with E-state index in [0.29, 0.717) is 13.1 Å². The van der Waals surface area contributed by atoms with Crippen molar-refractivity contribution in [3.05, 3.63) is 23.8 Å². The molecule has 0 amide bonds. The maximum atomic E-state index is 10.1. The van der Waals surface area contributed by atoms with Gasteiger partial charge in [-0.05, 0) is 39.2 Å². The summed E-state index contributed by atoms with van der Waals surface area (Å²) in [7, 11) is 1.65.